The highest BCUT2D eigenvalue weighted by Crippen LogP contribution is 2.36. The van der Waals surface area contributed by atoms with Gasteiger partial charge in [-0.25, -0.2) is 0 Å². The average Bonchev–Trinajstić information content (AvgIpc) is 2.48. The van der Waals surface area contributed by atoms with E-state index in [2.05, 4.69) is 15.2 Å². The summed E-state index contributed by atoms with van der Waals surface area (Å²) in [4.78, 5) is 18.1. The second-order valence-corrected chi connectivity index (χ2v) is 5.28. The fourth-order valence-electron chi connectivity index (χ4n) is 2.84. The van der Waals surface area contributed by atoms with Crippen LogP contribution in [0.25, 0.3) is 0 Å². The molecular formula is C16H18N4O. The molecule has 2 aromatic rings. The van der Waals surface area contributed by atoms with Crippen molar-refractivity contribution < 1.29 is 4.79 Å². The van der Waals surface area contributed by atoms with Crippen molar-refractivity contribution in [2.75, 3.05) is 16.8 Å². The molecule has 0 saturated carbocycles. The fourth-order valence-corrected chi connectivity index (χ4v) is 2.84. The second kappa shape index (κ2) is 5.54. The number of carbonyl (C=O) groups is 1. The second-order valence-electron chi connectivity index (χ2n) is 5.28. The van der Waals surface area contributed by atoms with Gasteiger partial charge in [-0.1, -0.05) is 12.1 Å². The van der Waals surface area contributed by atoms with E-state index in [1.807, 2.05) is 43.3 Å². The Morgan fingerprint density at radius 1 is 1.24 bits per heavy atom. The number of benzene rings is 1. The summed E-state index contributed by atoms with van der Waals surface area (Å²) in [6.45, 7) is 2.26. The Hall–Kier alpha value is -2.40. The standard InChI is InChI=1S/C16H18N4O/c1-11(17)16(12-6-8-18-9-7-12)20-10-15(21)19-13-4-2-3-5-14(13)20/h2-9,11,16H,10,17H2,1H3,(H,19,21). The third-order valence-corrected chi connectivity index (χ3v) is 3.68. The number of para-hydroxylation sites is 2. The minimum absolute atomic E-state index is 0.0200. The van der Waals surface area contributed by atoms with Gasteiger partial charge < -0.3 is 16.0 Å². The van der Waals surface area contributed by atoms with Crippen LogP contribution >= 0.6 is 0 Å². The minimum atomic E-state index is -0.119. The van der Waals surface area contributed by atoms with Gasteiger partial charge in [0.15, 0.2) is 0 Å². The molecule has 1 aromatic heterocycles. The number of rotatable bonds is 3. The van der Waals surface area contributed by atoms with Crippen LogP contribution < -0.4 is 16.0 Å². The van der Waals surface area contributed by atoms with Crippen molar-refractivity contribution in [1.29, 1.82) is 0 Å². The van der Waals surface area contributed by atoms with Gasteiger partial charge in [-0.15, -0.1) is 0 Å². The first-order valence-electron chi connectivity index (χ1n) is 6.98. The van der Waals surface area contributed by atoms with Crippen molar-refractivity contribution in [2.24, 2.45) is 5.73 Å². The van der Waals surface area contributed by atoms with Crippen LogP contribution in [0.15, 0.2) is 48.8 Å². The van der Waals surface area contributed by atoms with Crippen molar-refractivity contribution in [2.45, 2.75) is 19.0 Å². The van der Waals surface area contributed by atoms with Gasteiger partial charge in [0.2, 0.25) is 5.91 Å². The van der Waals surface area contributed by atoms with E-state index in [0.717, 1.165) is 16.9 Å². The van der Waals surface area contributed by atoms with Crippen LogP contribution in [0.3, 0.4) is 0 Å². The number of hydrogen-bond acceptors (Lipinski definition) is 4. The summed E-state index contributed by atoms with van der Waals surface area (Å²) in [5.74, 6) is -0.0200. The predicted molar refractivity (Wildman–Crippen MR) is 83.0 cm³/mol. The van der Waals surface area contributed by atoms with Crippen LogP contribution in [-0.4, -0.2) is 23.5 Å². The van der Waals surface area contributed by atoms with E-state index >= 15 is 0 Å². The van der Waals surface area contributed by atoms with Gasteiger partial charge in [-0.05, 0) is 36.8 Å². The molecule has 0 radical (unpaired) electrons. The first kappa shape index (κ1) is 13.6. The molecule has 2 atom stereocenters. The Bertz CT molecular complexity index is 642. The number of nitrogens with one attached hydrogen (secondary N) is 1. The molecule has 0 fully saturated rings. The van der Waals surface area contributed by atoms with E-state index in [0.29, 0.717) is 6.54 Å². The third-order valence-electron chi connectivity index (χ3n) is 3.68. The van der Waals surface area contributed by atoms with Crippen LogP contribution in [-0.2, 0) is 4.79 Å². The van der Waals surface area contributed by atoms with Gasteiger partial charge in [-0.3, -0.25) is 9.78 Å². The van der Waals surface area contributed by atoms with Crippen LogP contribution in [0.4, 0.5) is 11.4 Å². The summed E-state index contributed by atoms with van der Waals surface area (Å²) in [7, 11) is 0. The molecule has 0 spiro atoms. The summed E-state index contributed by atoms with van der Waals surface area (Å²) in [6, 6.07) is 11.5. The van der Waals surface area contributed by atoms with Gasteiger partial charge in [0.25, 0.3) is 0 Å². The number of fused-ring (bicyclic) bond motifs is 1. The van der Waals surface area contributed by atoms with Crippen LogP contribution in [0.1, 0.15) is 18.5 Å². The van der Waals surface area contributed by atoms with Gasteiger partial charge in [0, 0.05) is 18.4 Å². The highest BCUT2D eigenvalue weighted by molar-refractivity contribution is 6.01. The minimum Gasteiger partial charge on any atom is -0.352 e. The number of amides is 1. The zero-order valence-corrected chi connectivity index (χ0v) is 11.9. The van der Waals surface area contributed by atoms with Crippen molar-refractivity contribution >= 4 is 17.3 Å². The highest BCUT2D eigenvalue weighted by Gasteiger charge is 2.30. The number of anilines is 2. The van der Waals surface area contributed by atoms with Crippen molar-refractivity contribution in [1.82, 2.24) is 4.98 Å². The molecule has 5 nitrogen and oxygen atoms in total. The number of carbonyl (C=O) groups excluding carboxylic acids is 1. The number of hydrogen-bond donors (Lipinski definition) is 2. The number of nitrogens with two attached hydrogens (primary N) is 1. The quantitative estimate of drug-likeness (QED) is 0.902. The Labute approximate surface area is 123 Å². The summed E-state index contributed by atoms with van der Waals surface area (Å²) in [5, 5.41) is 2.90. The van der Waals surface area contributed by atoms with Crippen molar-refractivity contribution in [3.63, 3.8) is 0 Å². The smallest absolute Gasteiger partial charge is 0.243 e. The van der Waals surface area contributed by atoms with E-state index in [1.165, 1.54) is 0 Å². The number of aromatic nitrogens is 1. The lowest BCUT2D eigenvalue weighted by molar-refractivity contribution is -0.115. The molecule has 3 rings (SSSR count). The normalized spacial score (nSPS) is 16.9. The average molecular weight is 282 g/mol. The topological polar surface area (TPSA) is 71.2 Å². The largest absolute Gasteiger partial charge is 0.352 e. The summed E-state index contributed by atoms with van der Waals surface area (Å²) in [5.41, 5.74) is 9.09. The van der Waals surface area contributed by atoms with Gasteiger partial charge in [0.05, 0.1) is 24.0 Å². The molecule has 0 aliphatic carbocycles. The lowest BCUT2D eigenvalue weighted by Crippen LogP contribution is -2.46. The molecule has 2 unspecified atom stereocenters. The first-order chi connectivity index (χ1) is 10.2. The maximum Gasteiger partial charge on any atom is 0.243 e. The Balaban J connectivity index is 2.06. The van der Waals surface area contributed by atoms with E-state index in [1.54, 1.807) is 12.4 Å². The summed E-state index contributed by atoms with van der Waals surface area (Å²) in [6.07, 6.45) is 3.50. The van der Waals surface area contributed by atoms with Gasteiger partial charge in [0.1, 0.15) is 0 Å². The molecule has 1 amide bonds. The predicted octanol–water partition coefficient (Wildman–Crippen LogP) is 1.93. The zero-order chi connectivity index (χ0) is 14.8. The van der Waals surface area contributed by atoms with E-state index in [9.17, 15) is 4.79 Å². The molecule has 0 saturated heterocycles. The lowest BCUT2D eigenvalue weighted by Gasteiger charge is -2.39. The molecular weight excluding hydrogens is 264 g/mol. The lowest BCUT2D eigenvalue weighted by atomic mass is 9.98. The van der Waals surface area contributed by atoms with Gasteiger partial charge >= 0.3 is 0 Å². The third kappa shape index (κ3) is 2.60. The number of nitrogens with zero attached hydrogens (tertiary/aromatic N) is 2. The Morgan fingerprint density at radius 3 is 2.67 bits per heavy atom. The zero-order valence-electron chi connectivity index (χ0n) is 11.9. The SMILES string of the molecule is CC(N)C(c1ccncc1)N1CC(=O)Nc2ccccc21. The highest BCUT2D eigenvalue weighted by atomic mass is 16.2. The summed E-state index contributed by atoms with van der Waals surface area (Å²) < 4.78 is 0. The molecule has 3 N–H and O–H groups in total. The van der Waals surface area contributed by atoms with Crippen molar-refractivity contribution in [3.8, 4) is 0 Å². The molecule has 2 heterocycles. The monoisotopic (exact) mass is 282 g/mol. The summed E-state index contributed by atoms with van der Waals surface area (Å²) >= 11 is 0. The molecule has 5 heteroatoms. The number of pyridine rings is 1. The van der Waals surface area contributed by atoms with Crippen LogP contribution in [0, 0.1) is 0 Å². The molecule has 1 aromatic carbocycles. The molecule has 1 aliphatic heterocycles. The van der Waals surface area contributed by atoms with Crippen LogP contribution in [0.5, 0.6) is 0 Å². The van der Waals surface area contributed by atoms with E-state index in [4.69, 9.17) is 5.73 Å². The Kier molecular flexibility index (Phi) is 3.58. The fraction of sp³-hybridized carbons (Fsp3) is 0.250. The maximum absolute atomic E-state index is 12.0. The van der Waals surface area contributed by atoms with E-state index < -0.39 is 0 Å². The molecule has 21 heavy (non-hydrogen) atoms. The van der Waals surface area contributed by atoms with Crippen LogP contribution in [0.2, 0.25) is 0 Å². The molecule has 108 valence electrons. The van der Waals surface area contributed by atoms with Crippen molar-refractivity contribution in [3.05, 3.63) is 54.4 Å². The maximum atomic E-state index is 12.0. The Morgan fingerprint density at radius 2 is 1.95 bits per heavy atom. The van der Waals surface area contributed by atoms with Gasteiger partial charge in [-0.2, -0.15) is 0 Å². The molecule has 0 bridgehead atoms. The molecule has 1 aliphatic rings. The van der Waals surface area contributed by atoms with E-state index in [-0.39, 0.29) is 18.0 Å². The first-order valence-corrected chi connectivity index (χ1v) is 6.98.